The fraction of sp³-hybridized carbons (Fsp3) is 0.471. The summed E-state index contributed by atoms with van der Waals surface area (Å²) in [5, 5.41) is 23.3. The summed E-state index contributed by atoms with van der Waals surface area (Å²) in [6.07, 6.45) is 0.757. The van der Waals surface area contributed by atoms with E-state index in [-0.39, 0.29) is 12.4 Å². The van der Waals surface area contributed by atoms with Crippen molar-refractivity contribution in [2.75, 3.05) is 6.61 Å². The molecule has 0 spiro atoms. The molecular formula is C17H24N2O6. The lowest BCUT2D eigenvalue weighted by molar-refractivity contribution is -0.146. The van der Waals surface area contributed by atoms with Gasteiger partial charge in [-0.2, -0.15) is 0 Å². The molecule has 0 bridgehead atoms. The Morgan fingerprint density at radius 1 is 1.20 bits per heavy atom. The first-order valence-electron chi connectivity index (χ1n) is 7.95. The van der Waals surface area contributed by atoms with E-state index in [2.05, 4.69) is 10.6 Å². The van der Waals surface area contributed by atoms with Crippen LogP contribution in [0.4, 0.5) is 4.79 Å². The van der Waals surface area contributed by atoms with Crippen LogP contribution in [0.15, 0.2) is 24.3 Å². The van der Waals surface area contributed by atoms with E-state index in [9.17, 15) is 19.5 Å². The van der Waals surface area contributed by atoms with E-state index in [0.717, 1.165) is 6.42 Å². The average molecular weight is 352 g/mol. The lowest BCUT2D eigenvalue weighted by Gasteiger charge is -2.25. The number of hydrogen-bond acceptors (Lipinski definition) is 5. The minimum Gasteiger partial charge on any atom is -0.508 e. The van der Waals surface area contributed by atoms with Crippen LogP contribution < -0.4 is 10.6 Å². The fourth-order valence-corrected chi connectivity index (χ4v) is 1.87. The molecule has 1 aromatic rings. The second-order valence-electron chi connectivity index (χ2n) is 6.08. The molecule has 0 fully saturated rings. The number of amides is 2. The lowest BCUT2D eigenvalue weighted by Crippen LogP contribution is -2.53. The summed E-state index contributed by atoms with van der Waals surface area (Å²) in [5.74, 6) is -1.92. The predicted octanol–water partition coefficient (Wildman–Crippen LogP) is 1.94. The van der Waals surface area contributed by atoms with E-state index in [0.29, 0.717) is 12.0 Å². The maximum absolute atomic E-state index is 12.5. The second-order valence-corrected chi connectivity index (χ2v) is 6.08. The Morgan fingerprint density at radius 3 is 2.32 bits per heavy atom. The van der Waals surface area contributed by atoms with Crippen molar-refractivity contribution < 1.29 is 29.3 Å². The monoisotopic (exact) mass is 352 g/mol. The molecule has 0 saturated heterocycles. The lowest BCUT2D eigenvalue weighted by atomic mass is 10.0. The van der Waals surface area contributed by atoms with Gasteiger partial charge in [0, 0.05) is 0 Å². The molecule has 138 valence electrons. The summed E-state index contributed by atoms with van der Waals surface area (Å²) >= 11 is 0. The van der Waals surface area contributed by atoms with Crippen LogP contribution in [0.3, 0.4) is 0 Å². The molecule has 1 atom stereocenters. The standard InChI is InChI=1S/C17H24N2O6/c1-4-5-10-25-16(24)18-13(11-6-8-12(20)9-7-11)14(21)19-17(2,3)15(22)23/h6-9,13,20H,4-5,10H2,1-3H3,(H,18,24)(H,19,21)(H,22,23)/t13-/m0/s1. The number of phenolic OH excluding ortho intramolecular Hbond substituents is 1. The van der Waals surface area contributed by atoms with Crippen molar-refractivity contribution in [3.8, 4) is 5.75 Å². The number of carbonyl (C=O) groups is 3. The van der Waals surface area contributed by atoms with Crippen LogP contribution in [-0.2, 0) is 14.3 Å². The van der Waals surface area contributed by atoms with E-state index in [4.69, 9.17) is 9.84 Å². The Labute approximate surface area is 146 Å². The first-order chi connectivity index (χ1) is 11.7. The van der Waals surface area contributed by atoms with Crippen LogP contribution >= 0.6 is 0 Å². The number of alkyl carbamates (subject to hydrolysis) is 1. The summed E-state index contributed by atoms with van der Waals surface area (Å²) < 4.78 is 4.99. The van der Waals surface area contributed by atoms with Crippen molar-refractivity contribution in [3.63, 3.8) is 0 Å². The van der Waals surface area contributed by atoms with Gasteiger partial charge in [-0.15, -0.1) is 0 Å². The Balaban J connectivity index is 2.94. The second kappa shape index (κ2) is 8.91. The van der Waals surface area contributed by atoms with Gasteiger partial charge < -0.3 is 25.6 Å². The molecule has 0 aromatic heterocycles. The number of rotatable bonds is 8. The SMILES string of the molecule is CCCCOC(=O)N[C@H](C(=O)NC(C)(C)C(=O)O)c1ccc(O)cc1. The molecule has 0 aliphatic rings. The Hall–Kier alpha value is -2.77. The Bertz CT molecular complexity index is 612. The van der Waals surface area contributed by atoms with Crippen LogP contribution in [0.25, 0.3) is 0 Å². The van der Waals surface area contributed by atoms with Crippen molar-refractivity contribution >= 4 is 18.0 Å². The molecule has 0 unspecified atom stereocenters. The number of carboxylic acids is 1. The number of aliphatic carboxylic acids is 1. The number of aromatic hydroxyl groups is 1. The number of hydrogen-bond donors (Lipinski definition) is 4. The highest BCUT2D eigenvalue weighted by atomic mass is 16.5. The zero-order chi connectivity index (χ0) is 19.0. The molecule has 0 aliphatic carbocycles. The first-order valence-corrected chi connectivity index (χ1v) is 7.95. The van der Waals surface area contributed by atoms with Crippen molar-refractivity contribution in [1.82, 2.24) is 10.6 Å². The molecule has 4 N–H and O–H groups in total. The van der Waals surface area contributed by atoms with Crippen molar-refractivity contribution in [2.24, 2.45) is 0 Å². The van der Waals surface area contributed by atoms with Gasteiger partial charge in [0.25, 0.3) is 0 Å². The molecule has 0 heterocycles. The molecule has 1 aromatic carbocycles. The van der Waals surface area contributed by atoms with Crippen molar-refractivity contribution in [3.05, 3.63) is 29.8 Å². The number of nitrogens with one attached hydrogen (secondary N) is 2. The van der Waals surface area contributed by atoms with Crippen LogP contribution in [-0.4, -0.2) is 40.3 Å². The molecular weight excluding hydrogens is 328 g/mol. The number of unbranched alkanes of at least 4 members (excludes halogenated alkanes) is 1. The third-order valence-corrected chi connectivity index (χ3v) is 3.45. The van der Waals surface area contributed by atoms with Gasteiger partial charge in [-0.25, -0.2) is 9.59 Å². The summed E-state index contributed by atoms with van der Waals surface area (Å²) in [5.41, 5.74) is -1.14. The van der Waals surface area contributed by atoms with Gasteiger partial charge in [0.15, 0.2) is 0 Å². The molecule has 1 rings (SSSR count). The van der Waals surface area contributed by atoms with Crippen LogP contribution in [0.1, 0.15) is 45.2 Å². The van der Waals surface area contributed by atoms with E-state index in [1.165, 1.54) is 38.1 Å². The normalized spacial score (nSPS) is 12.1. The minimum atomic E-state index is -1.51. The molecule has 8 heteroatoms. The predicted molar refractivity (Wildman–Crippen MR) is 90.1 cm³/mol. The van der Waals surface area contributed by atoms with Gasteiger partial charge in [-0.3, -0.25) is 4.79 Å². The van der Waals surface area contributed by atoms with Crippen molar-refractivity contribution in [2.45, 2.75) is 45.2 Å². The third kappa shape index (κ3) is 6.33. The van der Waals surface area contributed by atoms with E-state index in [1.54, 1.807) is 0 Å². The Morgan fingerprint density at radius 2 is 1.80 bits per heavy atom. The number of benzene rings is 1. The van der Waals surface area contributed by atoms with Crippen LogP contribution in [0.2, 0.25) is 0 Å². The largest absolute Gasteiger partial charge is 0.508 e. The first kappa shape index (κ1) is 20.3. The summed E-state index contributed by atoms with van der Waals surface area (Å²) in [7, 11) is 0. The number of carboxylic acid groups (broad SMARTS) is 1. The molecule has 0 radical (unpaired) electrons. The van der Waals surface area contributed by atoms with Crippen molar-refractivity contribution in [1.29, 1.82) is 0 Å². The van der Waals surface area contributed by atoms with Crippen LogP contribution in [0.5, 0.6) is 5.75 Å². The average Bonchev–Trinajstić information content (AvgIpc) is 2.53. The van der Waals surface area contributed by atoms with Gasteiger partial charge >= 0.3 is 12.1 Å². The number of carbonyl (C=O) groups excluding carboxylic acids is 2. The van der Waals surface area contributed by atoms with Gasteiger partial charge in [-0.1, -0.05) is 25.5 Å². The minimum absolute atomic E-state index is 0.000652. The highest BCUT2D eigenvalue weighted by molar-refractivity contribution is 5.91. The highest BCUT2D eigenvalue weighted by Gasteiger charge is 2.33. The Kier molecular flexibility index (Phi) is 7.22. The number of ether oxygens (including phenoxy) is 1. The molecule has 0 saturated carbocycles. The summed E-state index contributed by atoms with van der Waals surface area (Å²) in [4.78, 5) is 35.6. The zero-order valence-electron chi connectivity index (χ0n) is 14.5. The molecule has 2 amide bonds. The van der Waals surface area contributed by atoms with E-state index >= 15 is 0 Å². The highest BCUT2D eigenvalue weighted by Crippen LogP contribution is 2.18. The molecule has 25 heavy (non-hydrogen) atoms. The van der Waals surface area contributed by atoms with Gasteiger partial charge in [-0.05, 0) is 38.0 Å². The van der Waals surface area contributed by atoms with Gasteiger partial charge in [0.05, 0.1) is 6.61 Å². The topological polar surface area (TPSA) is 125 Å². The number of phenols is 1. The van der Waals surface area contributed by atoms with Gasteiger partial charge in [0.2, 0.25) is 5.91 Å². The van der Waals surface area contributed by atoms with Crippen LogP contribution in [0, 0.1) is 0 Å². The quantitative estimate of drug-likeness (QED) is 0.530. The third-order valence-electron chi connectivity index (χ3n) is 3.45. The summed E-state index contributed by atoms with van der Waals surface area (Å²) in [6.45, 7) is 4.83. The zero-order valence-corrected chi connectivity index (χ0v) is 14.5. The maximum atomic E-state index is 12.5. The maximum Gasteiger partial charge on any atom is 0.408 e. The summed E-state index contributed by atoms with van der Waals surface area (Å²) in [6, 6.07) is 4.48. The molecule has 0 aliphatic heterocycles. The van der Waals surface area contributed by atoms with E-state index in [1.807, 2.05) is 6.92 Å². The molecule has 8 nitrogen and oxygen atoms in total. The van der Waals surface area contributed by atoms with Gasteiger partial charge in [0.1, 0.15) is 17.3 Å². The smallest absolute Gasteiger partial charge is 0.408 e. The van der Waals surface area contributed by atoms with E-state index < -0.39 is 29.6 Å². The fourth-order valence-electron chi connectivity index (χ4n) is 1.87.